The van der Waals surface area contributed by atoms with Gasteiger partial charge in [0, 0.05) is 13.0 Å². The number of carbonyl (C=O) groups is 3. The molecule has 0 heterocycles. The van der Waals surface area contributed by atoms with E-state index in [4.69, 9.17) is 10.2 Å². The van der Waals surface area contributed by atoms with E-state index in [1.54, 1.807) is 24.3 Å². The van der Waals surface area contributed by atoms with Crippen LogP contribution in [0.3, 0.4) is 0 Å². The Bertz CT molecular complexity index is 525. The van der Waals surface area contributed by atoms with Gasteiger partial charge in [-0.3, -0.25) is 14.4 Å². The van der Waals surface area contributed by atoms with Crippen LogP contribution >= 0.6 is 0 Å². The Morgan fingerprint density at radius 2 is 1.73 bits per heavy atom. The van der Waals surface area contributed by atoms with E-state index in [1.165, 1.54) is 7.11 Å². The summed E-state index contributed by atoms with van der Waals surface area (Å²) in [7, 11) is 1.32. The van der Waals surface area contributed by atoms with Crippen molar-refractivity contribution >= 4 is 17.9 Å². The molecule has 7 heteroatoms. The molecule has 1 aromatic carbocycles. The summed E-state index contributed by atoms with van der Waals surface area (Å²) in [5.74, 6) is -2.44. The fourth-order valence-corrected chi connectivity index (χ4v) is 1.84. The monoisotopic (exact) mass is 309 g/mol. The van der Waals surface area contributed by atoms with Gasteiger partial charge in [0.25, 0.3) is 0 Å². The van der Waals surface area contributed by atoms with Gasteiger partial charge in [0.1, 0.15) is 6.04 Å². The fraction of sp³-hybridized carbons (Fsp3) is 0.400. The van der Waals surface area contributed by atoms with Gasteiger partial charge in [-0.15, -0.1) is 0 Å². The number of carboxylic acid groups (broad SMARTS) is 2. The number of hydrogen-bond donors (Lipinski definition) is 3. The largest absolute Gasteiger partial charge is 0.481 e. The molecule has 0 aliphatic carbocycles. The van der Waals surface area contributed by atoms with Crippen LogP contribution < -0.4 is 5.32 Å². The van der Waals surface area contributed by atoms with Gasteiger partial charge in [0.2, 0.25) is 0 Å². The van der Waals surface area contributed by atoms with Crippen molar-refractivity contribution in [1.82, 2.24) is 5.32 Å². The summed E-state index contributed by atoms with van der Waals surface area (Å²) in [6.07, 6.45) is -0.00625. The van der Waals surface area contributed by atoms with Crippen molar-refractivity contribution in [3.05, 3.63) is 35.4 Å². The van der Waals surface area contributed by atoms with Gasteiger partial charge in [-0.2, -0.15) is 0 Å². The number of benzene rings is 1. The van der Waals surface area contributed by atoms with E-state index in [0.29, 0.717) is 6.54 Å². The number of methoxy groups -OCH3 is 1. The number of carboxylic acids is 2. The predicted octanol–water partition coefficient (Wildman–Crippen LogP) is 0.810. The molecule has 0 saturated heterocycles. The Morgan fingerprint density at radius 3 is 2.23 bits per heavy atom. The van der Waals surface area contributed by atoms with E-state index in [9.17, 15) is 14.4 Å². The van der Waals surface area contributed by atoms with Crippen molar-refractivity contribution in [2.75, 3.05) is 7.11 Å². The summed E-state index contributed by atoms with van der Waals surface area (Å²) < 4.78 is 4.57. The highest BCUT2D eigenvalue weighted by molar-refractivity contribution is 5.75. The van der Waals surface area contributed by atoms with Crippen LogP contribution in [0.25, 0.3) is 0 Å². The highest BCUT2D eigenvalue weighted by Crippen LogP contribution is 2.07. The molecule has 0 spiro atoms. The van der Waals surface area contributed by atoms with Crippen molar-refractivity contribution in [3.63, 3.8) is 0 Å². The van der Waals surface area contributed by atoms with Crippen LogP contribution in [0.5, 0.6) is 0 Å². The van der Waals surface area contributed by atoms with Crippen molar-refractivity contribution in [1.29, 1.82) is 0 Å². The van der Waals surface area contributed by atoms with E-state index < -0.39 is 18.0 Å². The Morgan fingerprint density at radius 1 is 1.14 bits per heavy atom. The first-order valence-corrected chi connectivity index (χ1v) is 6.75. The van der Waals surface area contributed by atoms with E-state index in [2.05, 4.69) is 10.1 Å². The molecule has 1 rings (SSSR count). The Kier molecular flexibility index (Phi) is 7.04. The average molecular weight is 309 g/mol. The topological polar surface area (TPSA) is 113 Å². The van der Waals surface area contributed by atoms with Crippen LogP contribution in [-0.2, 0) is 32.1 Å². The molecular formula is C15H19NO6. The molecule has 1 unspecified atom stereocenters. The number of carbonyl (C=O) groups excluding carboxylic acids is 1. The van der Waals surface area contributed by atoms with E-state index in [-0.39, 0.29) is 25.2 Å². The van der Waals surface area contributed by atoms with Crippen LogP contribution in [0.2, 0.25) is 0 Å². The highest BCUT2D eigenvalue weighted by atomic mass is 16.5. The van der Waals surface area contributed by atoms with Gasteiger partial charge in [0.15, 0.2) is 0 Å². The molecule has 7 nitrogen and oxygen atoms in total. The molecule has 0 amide bonds. The average Bonchev–Trinajstić information content (AvgIpc) is 2.48. The van der Waals surface area contributed by atoms with Crippen LogP contribution in [-0.4, -0.2) is 41.3 Å². The molecule has 0 aliphatic rings. The van der Waals surface area contributed by atoms with Crippen LogP contribution in [0.4, 0.5) is 0 Å². The van der Waals surface area contributed by atoms with E-state index in [1.807, 2.05) is 0 Å². The summed E-state index contributed by atoms with van der Waals surface area (Å²) in [4.78, 5) is 32.7. The Balaban J connectivity index is 2.53. The van der Waals surface area contributed by atoms with Crippen LogP contribution in [0.1, 0.15) is 24.0 Å². The Hall–Kier alpha value is -2.41. The summed E-state index contributed by atoms with van der Waals surface area (Å²) in [5.41, 5.74) is 1.64. The van der Waals surface area contributed by atoms with Gasteiger partial charge in [-0.05, 0) is 17.5 Å². The second-order valence-electron chi connectivity index (χ2n) is 4.77. The van der Waals surface area contributed by atoms with Crippen LogP contribution in [0.15, 0.2) is 24.3 Å². The van der Waals surface area contributed by atoms with Gasteiger partial charge in [-0.25, -0.2) is 0 Å². The normalized spacial score (nSPS) is 11.7. The minimum atomic E-state index is -1.08. The predicted molar refractivity (Wildman–Crippen MR) is 77.3 cm³/mol. The zero-order valence-corrected chi connectivity index (χ0v) is 12.2. The molecule has 0 aliphatic heterocycles. The quantitative estimate of drug-likeness (QED) is 0.578. The molecule has 120 valence electrons. The minimum absolute atomic E-state index is 0.0189. The molecule has 0 fully saturated rings. The number of aliphatic carboxylic acids is 2. The zero-order valence-electron chi connectivity index (χ0n) is 12.2. The minimum Gasteiger partial charge on any atom is -0.481 e. The maximum Gasteiger partial charge on any atom is 0.320 e. The first-order valence-electron chi connectivity index (χ1n) is 6.75. The molecule has 0 saturated carbocycles. The molecule has 0 radical (unpaired) electrons. The standard InChI is InChI=1S/C15H19NO6/c1-22-14(19)8-10-2-4-11(5-3-10)9-16-12(15(20)21)6-7-13(17)18/h2-5,12,16H,6-9H2,1H3,(H,17,18)(H,20,21). The number of ether oxygens (including phenoxy) is 1. The second kappa shape index (κ2) is 8.78. The third-order valence-corrected chi connectivity index (χ3v) is 3.10. The molecule has 1 atom stereocenters. The smallest absolute Gasteiger partial charge is 0.320 e. The lowest BCUT2D eigenvalue weighted by Gasteiger charge is -2.13. The first-order chi connectivity index (χ1) is 10.4. The number of hydrogen-bond acceptors (Lipinski definition) is 5. The molecule has 0 bridgehead atoms. The number of nitrogens with one attached hydrogen (secondary N) is 1. The summed E-state index contributed by atoms with van der Waals surface area (Å²) in [5, 5.41) is 20.4. The van der Waals surface area contributed by atoms with Crippen molar-refractivity contribution in [2.45, 2.75) is 31.8 Å². The lowest BCUT2D eigenvalue weighted by molar-refractivity contribution is -0.141. The zero-order chi connectivity index (χ0) is 16.5. The van der Waals surface area contributed by atoms with Crippen molar-refractivity contribution in [3.8, 4) is 0 Å². The van der Waals surface area contributed by atoms with E-state index >= 15 is 0 Å². The fourth-order valence-electron chi connectivity index (χ4n) is 1.84. The van der Waals surface area contributed by atoms with Gasteiger partial charge >= 0.3 is 17.9 Å². The van der Waals surface area contributed by atoms with Crippen molar-refractivity contribution in [2.24, 2.45) is 0 Å². The molecular weight excluding hydrogens is 290 g/mol. The highest BCUT2D eigenvalue weighted by Gasteiger charge is 2.17. The maximum atomic E-state index is 11.1. The molecule has 3 N–H and O–H groups in total. The lowest BCUT2D eigenvalue weighted by atomic mass is 10.1. The lowest BCUT2D eigenvalue weighted by Crippen LogP contribution is -2.36. The second-order valence-corrected chi connectivity index (χ2v) is 4.77. The summed E-state index contributed by atoms with van der Waals surface area (Å²) >= 11 is 0. The SMILES string of the molecule is COC(=O)Cc1ccc(CNC(CCC(=O)O)C(=O)O)cc1. The number of rotatable bonds is 9. The molecule has 0 aromatic heterocycles. The maximum absolute atomic E-state index is 11.1. The molecule has 1 aromatic rings. The summed E-state index contributed by atoms with van der Waals surface area (Å²) in [6, 6.07) is 6.18. The van der Waals surface area contributed by atoms with E-state index in [0.717, 1.165) is 11.1 Å². The van der Waals surface area contributed by atoms with Gasteiger partial charge in [-0.1, -0.05) is 24.3 Å². The van der Waals surface area contributed by atoms with Crippen LogP contribution in [0, 0.1) is 0 Å². The van der Waals surface area contributed by atoms with Gasteiger partial charge < -0.3 is 20.3 Å². The van der Waals surface area contributed by atoms with Gasteiger partial charge in [0.05, 0.1) is 13.5 Å². The first kappa shape index (κ1) is 17.6. The molecule has 22 heavy (non-hydrogen) atoms. The van der Waals surface area contributed by atoms with Crippen molar-refractivity contribution < 1.29 is 29.3 Å². The third-order valence-electron chi connectivity index (χ3n) is 3.10. The third kappa shape index (κ3) is 6.36. The number of esters is 1. The Labute approximate surface area is 127 Å². The summed E-state index contributed by atoms with van der Waals surface area (Å²) in [6.45, 7) is 0.301.